The fourth-order valence-electron chi connectivity index (χ4n) is 3.81. The molecule has 1 aromatic carbocycles. The Morgan fingerprint density at radius 2 is 1.85 bits per heavy atom. The first-order valence-electron chi connectivity index (χ1n) is 9.27. The van der Waals surface area contributed by atoms with Gasteiger partial charge in [0.1, 0.15) is 11.9 Å². The number of hydrogen-bond acceptors (Lipinski definition) is 3. The molecule has 5 heteroatoms. The van der Waals surface area contributed by atoms with Crippen LogP contribution < -0.4 is 0 Å². The van der Waals surface area contributed by atoms with Crippen molar-refractivity contribution in [2.75, 3.05) is 13.1 Å². The number of carbonyl (C=O) groups is 1. The van der Waals surface area contributed by atoms with Crippen LogP contribution in [0.1, 0.15) is 57.0 Å². The normalized spacial score (nSPS) is 17.7. The van der Waals surface area contributed by atoms with Crippen molar-refractivity contribution >= 4 is 5.91 Å². The highest BCUT2D eigenvalue weighted by Gasteiger charge is 2.38. The highest BCUT2D eigenvalue weighted by atomic mass is 16.2. The van der Waals surface area contributed by atoms with E-state index in [1.807, 2.05) is 52.9 Å². The third-order valence-corrected chi connectivity index (χ3v) is 5.46. The van der Waals surface area contributed by atoms with Gasteiger partial charge in [-0.05, 0) is 25.3 Å². The van der Waals surface area contributed by atoms with E-state index in [4.69, 9.17) is 0 Å². The number of imidazole rings is 1. The van der Waals surface area contributed by atoms with Crippen molar-refractivity contribution < 1.29 is 4.79 Å². The number of nitriles is 1. The SMILES string of the molecule is CC(C)c1nccn1[C@H](C)C(=O)N1CCC(C#N)(c2ccccc2)CC1. The zero-order valence-corrected chi connectivity index (χ0v) is 15.7. The Labute approximate surface area is 155 Å². The lowest BCUT2D eigenvalue weighted by Crippen LogP contribution is -2.46. The van der Waals surface area contributed by atoms with Crippen molar-refractivity contribution in [2.24, 2.45) is 0 Å². The Kier molecular flexibility index (Phi) is 5.13. The molecular weight excluding hydrogens is 324 g/mol. The summed E-state index contributed by atoms with van der Waals surface area (Å²) in [6.07, 6.45) is 4.98. The van der Waals surface area contributed by atoms with Gasteiger partial charge in [0.05, 0.1) is 11.5 Å². The summed E-state index contributed by atoms with van der Waals surface area (Å²) in [5.41, 5.74) is 0.568. The van der Waals surface area contributed by atoms with Gasteiger partial charge in [-0.25, -0.2) is 4.98 Å². The minimum absolute atomic E-state index is 0.101. The van der Waals surface area contributed by atoms with E-state index in [9.17, 15) is 10.1 Å². The molecule has 0 bridgehead atoms. The van der Waals surface area contributed by atoms with Crippen LogP contribution in [0.5, 0.6) is 0 Å². The van der Waals surface area contributed by atoms with Gasteiger partial charge < -0.3 is 9.47 Å². The zero-order chi connectivity index (χ0) is 18.7. The number of piperidine rings is 1. The number of nitrogens with zero attached hydrogens (tertiary/aromatic N) is 4. The smallest absolute Gasteiger partial charge is 0.245 e. The summed E-state index contributed by atoms with van der Waals surface area (Å²) < 4.78 is 1.97. The molecule has 0 radical (unpaired) electrons. The summed E-state index contributed by atoms with van der Waals surface area (Å²) in [6.45, 7) is 7.31. The van der Waals surface area contributed by atoms with Crippen LogP contribution in [-0.4, -0.2) is 33.4 Å². The summed E-state index contributed by atoms with van der Waals surface area (Å²) in [4.78, 5) is 19.3. The maximum absolute atomic E-state index is 13.0. The maximum atomic E-state index is 13.0. The number of aromatic nitrogens is 2. The molecule has 1 amide bonds. The van der Waals surface area contributed by atoms with Crippen LogP contribution in [0.4, 0.5) is 0 Å². The highest BCUT2D eigenvalue weighted by molar-refractivity contribution is 5.80. The molecule has 0 N–H and O–H groups in total. The second-order valence-corrected chi connectivity index (χ2v) is 7.41. The average molecular weight is 350 g/mol. The number of rotatable bonds is 4. The molecule has 2 heterocycles. The molecular formula is C21H26N4O. The van der Waals surface area contributed by atoms with Gasteiger partial charge in [-0.1, -0.05) is 44.2 Å². The van der Waals surface area contributed by atoms with E-state index in [2.05, 4.69) is 24.9 Å². The number of likely N-dealkylation sites (tertiary alicyclic amines) is 1. The Bertz CT molecular complexity index is 795. The molecule has 0 unspecified atom stereocenters. The van der Waals surface area contributed by atoms with Crippen LogP contribution in [0.3, 0.4) is 0 Å². The first-order chi connectivity index (χ1) is 12.5. The predicted molar refractivity (Wildman–Crippen MR) is 101 cm³/mol. The van der Waals surface area contributed by atoms with Crippen LogP contribution in [0.2, 0.25) is 0 Å². The van der Waals surface area contributed by atoms with E-state index >= 15 is 0 Å². The molecule has 1 atom stereocenters. The van der Waals surface area contributed by atoms with Gasteiger partial charge in [-0.3, -0.25) is 4.79 Å². The summed E-state index contributed by atoms with van der Waals surface area (Å²) in [5, 5.41) is 9.81. The van der Waals surface area contributed by atoms with Crippen LogP contribution in [0.15, 0.2) is 42.7 Å². The molecule has 0 spiro atoms. The molecule has 1 aliphatic heterocycles. The topological polar surface area (TPSA) is 61.9 Å². The molecule has 1 aliphatic rings. The van der Waals surface area contributed by atoms with Crippen molar-refractivity contribution in [3.63, 3.8) is 0 Å². The lowest BCUT2D eigenvalue weighted by molar-refractivity contribution is -0.135. The highest BCUT2D eigenvalue weighted by Crippen LogP contribution is 2.35. The number of benzene rings is 1. The molecule has 136 valence electrons. The molecule has 3 rings (SSSR count). The van der Waals surface area contributed by atoms with Gasteiger partial charge in [0.15, 0.2) is 0 Å². The van der Waals surface area contributed by atoms with E-state index in [0.717, 1.165) is 11.4 Å². The lowest BCUT2D eigenvalue weighted by atomic mass is 9.74. The van der Waals surface area contributed by atoms with Crippen molar-refractivity contribution in [3.05, 3.63) is 54.1 Å². The van der Waals surface area contributed by atoms with Gasteiger partial charge in [-0.15, -0.1) is 0 Å². The maximum Gasteiger partial charge on any atom is 0.245 e. The largest absolute Gasteiger partial charge is 0.341 e. The van der Waals surface area contributed by atoms with E-state index in [-0.39, 0.29) is 17.9 Å². The van der Waals surface area contributed by atoms with E-state index in [1.54, 1.807) is 6.20 Å². The van der Waals surface area contributed by atoms with Crippen molar-refractivity contribution in [1.29, 1.82) is 5.26 Å². The minimum Gasteiger partial charge on any atom is -0.341 e. The van der Waals surface area contributed by atoms with Gasteiger partial charge in [-0.2, -0.15) is 5.26 Å². The molecule has 1 aromatic heterocycles. The van der Waals surface area contributed by atoms with Gasteiger partial charge in [0.25, 0.3) is 0 Å². The van der Waals surface area contributed by atoms with Crippen molar-refractivity contribution in [3.8, 4) is 6.07 Å². The second-order valence-electron chi connectivity index (χ2n) is 7.41. The Hall–Kier alpha value is -2.61. The van der Waals surface area contributed by atoms with Crippen LogP contribution >= 0.6 is 0 Å². The molecule has 1 fully saturated rings. The lowest BCUT2D eigenvalue weighted by Gasteiger charge is -2.38. The van der Waals surface area contributed by atoms with E-state index < -0.39 is 5.41 Å². The molecule has 1 saturated heterocycles. The van der Waals surface area contributed by atoms with Crippen molar-refractivity contribution in [1.82, 2.24) is 14.5 Å². The minimum atomic E-state index is -0.487. The third kappa shape index (κ3) is 3.24. The average Bonchev–Trinajstić information content (AvgIpc) is 3.18. The van der Waals surface area contributed by atoms with Crippen LogP contribution in [-0.2, 0) is 10.2 Å². The van der Waals surface area contributed by atoms with Crippen LogP contribution in [0, 0.1) is 11.3 Å². The quantitative estimate of drug-likeness (QED) is 0.845. The standard InChI is InChI=1S/C21H26N4O/c1-16(2)19-23-11-14-25(19)17(3)20(26)24-12-9-21(15-22,10-13-24)18-7-5-4-6-8-18/h4-8,11,14,16-17H,9-10,12-13H2,1-3H3/t17-/m1/s1. The summed E-state index contributed by atoms with van der Waals surface area (Å²) in [6, 6.07) is 12.2. The van der Waals surface area contributed by atoms with Gasteiger partial charge in [0, 0.05) is 31.4 Å². The fourth-order valence-corrected chi connectivity index (χ4v) is 3.81. The Morgan fingerprint density at radius 3 is 2.42 bits per heavy atom. The molecule has 0 saturated carbocycles. The zero-order valence-electron chi connectivity index (χ0n) is 15.7. The molecule has 5 nitrogen and oxygen atoms in total. The predicted octanol–water partition coefficient (Wildman–Crippen LogP) is 3.65. The molecule has 2 aromatic rings. The number of hydrogen-bond donors (Lipinski definition) is 0. The van der Waals surface area contributed by atoms with Gasteiger partial charge in [0.2, 0.25) is 5.91 Å². The fraction of sp³-hybridized carbons (Fsp3) is 0.476. The van der Waals surface area contributed by atoms with E-state index in [1.165, 1.54) is 0 Å². The van der Waals surface area contributed by atoms with Gasteiger partial charge >= 0.3 is 0 Å². The number of amides is 1. The first kappa shape index (κ1) is 18.2. The monoisotopic (exact) mass is 350 g/mol. The molecule has 0 aliphatic carbocycles. The first-order valence-corrected chi connectivity index (χ1v) is 9.27. The van der Waals surface area contributed by atoms with Crippen LogP contribution in [0.25, 0.3) is 0 Å². The Morgan fingerprint density at radius 1 is 1.19 bits per heavy atom. The summed E-state index contributed by atoms with van der Waals surface area (Å²) in [7, 11) is 0. The Balaban J connectivity index is 1.72. The summed E-state index contributed by atoms with van der Waals surface area (Å²) in [5.74, 6) is 1.30. The van der Waals surface area contributed by atoms with Crippen molar-refractivity contribution in [2.45, 2.75) is 51.0 Å². The van der Waals surface area contributed by atoms with E-state index in [0.29, 0.717) is 25.9 Å². The number of carbonyl (C=O) groups excluding carboxylic acids is 1. The molecule has 26 heavy (non-hydrogen) atoms. The third-order valence-electron chi connectivity index (χ3n) is 5.46. The summed E-state index contributed by atoms with van der Waals surface area (Å²) >= 11 is 0. The second kappa shape index (κ2) is 7.33.